The first-order valence-corrected chi connectivity index (χ1v) is 11.5. The molecular formula is C20H32N2O2S. The molecule has 4 aliphatic rings. The van der Waals surface area contributed by atoms with Crippen molar-refractivity contribution >= 4 is 23.6 Å². The van der Waals surface area contributed by atoms with E-state index >= 15 is 0 Å². The van der Waals surface area contributed by atoms with E-state index < -0.39 is 0 Å². The van der Waals surface area contributed by atoms with Crippen LogP contribution in [0.2, 0.25) is 0 Å². The Morgan fingerprint density at radius 2 is 1.40 bits per heavy atom. The number of piperazine rings is 1. The quantitative estimate of drug-likeness (QED) is 0.756. The van der Waals surface area contributed by atoms with Crippen LogP contribution in [0, 0.1) is 17.8 Å². The van der Waals surface area contributed by atoms with Gasteiger partial charge in [0.1, 0.15) is 0 Å². The van der Waals surface area contributed by atoms with Crippen molar-refractivity contribution in [2.24, 2.45) is 17.8 Å². The van der Waals surface area contributed by atoms with Crippen LogP contribution in [-0.2, 0) is 9.59 Å². The fourth-order valence-electron chi connectivity index (χ4n) is 5.60. The van der Waals surface area contributed by atoms with E-state index in [9.17, 15) is 9.59 Å². The Morgan fingerprint density at radius 1 is 0.720 bits per heavy atom. The first-order chi connectivity index (χ1) is 12.2. The second-order valence-electron chi connectivity index (χ2n) is 8.40. The van der Waals surface area contributed by atoms with Crippen molar-refractivity contribution in [3.05, 3.63) is 0 Å². The second-order valence-corrected chi connectivity index (χ2v) is 9.71. The maximum absolute atomic E-state index is 13.2. The molecule has 0 aromatic carbocycles. The van der Waals surface area contributed by atoms with Crippen molar-refractivity contribution in [3.8, 4) is 0 Å². The Balaban J connectivity index is 1.32. The van der Waals surface area contributed by atoms with Crippen LogP contribution in [0.1, 0.15) is 57.8 Å². The first kappa shape index (κ1) is 17.7. The van der Waals surface area contributed by atoms with Crippen LogP contribution in [-0.4, -0.2) is 58.8 Å². The molecule has 4 fully saturated rings. The summed E-state index contributed by atoms with van der Waals surface area (Å²) in [7, 11) is 0. The van der Waals surface area contributed by atoms with Crippen molar-refractivity contribution in [2.75, 3.05) is 31.9 Å². The number of hydrogen-bond acceptors (Lipinski definition) is 3. The summed E-state index contributed by atoms with van der Waals surface area (Å²) in [5, 5.41) is 0.184. The highest BCUT2D eigenvalue weighted by Gasteiger charge is 2.41. The van der Waals surface area contributed by atoms with Gasteiger partial charge in [-0.05, 0) is 43.3 Å². The fourth-order valence-corrected chi connectivity index (χ4v) is 6.85. The molecule has 4 atom stereocenters. The predicted octanol–water partition coefficient (Wildman–Crippen LogP) is 3.16. The monoisotopic (exact) mass is 364 g/mol. The van der Waals surface area contributed by atoms with Crippen LogP contribution >= 0.6 is 11.8 Å². The molecule has 2 saturated heterocycles. The molecule has 0 spiro atoms. The molecule has 5 heteroatoms. The van der Waals surface area contributed by atoms with Crippen molar-refractivity contribution in [1.82, 2.24) is 9.80 Å². The largest absolute Gasteiger partial charge is 0.339 e. The molecule has 0 N–H and O–H groups in total. The van der Waals surface area contributed by atoms with Gasteiger partial charge in [-0.25, -0.2) is 0 Å². The number of fused-ring (bicyclic) bond motifs is 1. The van der Waals surface area contributed by atoms with Crippen LogP contribution in [0.25, 0.3) is 0 Å². The highest BCUT2D eigenvalue weighted by molar-refractivity contribution is 8.00. The Morgan fingerprint density at radius 3 is 2.12 bits per heavy atom. The minimum absolute atomic E-state index is 0.184. The zero-order chi connectivity index (χ0) is 17.2. The molecule has 0 radical (unpaired) electrons. The summed E-state index contributed by atoms with van der Waals surface area (Å²) in [4.78, 5) is 29.8. The maximum atomic E-state index is 13.2. The number of thioether (sulfide) groups is 1. The van der Waals surface area contributed by atoms with Crippen LogP contribution in [0.5, 0.6) is 0 Å². The van der Waals surface area contributed by atoms with Gasteiger partial charge in [0, 0.05) is 32.1 Å². The summed E-state index contributed by atoms with van der Waals surface area (Å²) in [6.07, 6.45) is 11.2. The number of hydrogen-bond donors (Lipinski definition) is 0. The van der Waals surface area contributed by atoms with E-state index in [0.717, 1.165) is 50.7 Å². The summed E-state index contributed by atoms with van der Waals surface area (Å²) in [5.41, 5.74) is 0. The summed E-state index contributed by atoms with van der Waals surface area (Å²) in [6.45, 7) is 2.97. The van der Waals surface area contributed by atoms with Crippen LogP contribution < -0.4 is 0 Å². The van der Waals surface area contributed by atoms with Crippen molar-refractivity contribution in [1.29, 1.82) is 0 Å². The van der Waals surface area contributed by atoms with Gasteiger partial charge in [-0.3, -0.25) is 9.59 Å². The van der Waals surface area contributed by atoms with E-state index in [1.807, 2.05) is 16.7 Å². The normalized spacial score (nSPS) is 36.2. The molecule has 25 heavy (non-hydrogen) atoms. The molecule has 0 aromatic heterocycles. The van der Waals surface area contributed by atoms with Gasteiger partial charge in [-0.15, -0.1) is 11.8 Å². The lowest BCUT2D eigenvalue weighted by atomic mass is 9.65. The standard InChI is InChI=1S/C20H32N2O2S/c23-19(17-8-3-6-15-5-1-2-7-16(15)17)21-10-12-22(13-11-21)20(24)18-9-4-14-25-18/h15-18H,1-14H2. The lowest BCUT2D eigenvalue weighted by Crippen LogP contribution is -2.54. The zero-order valence-electron chi connectivity index (χ0n) is 15.3. The lowest BCUT2D eigenvalue weighted by molar-refractivity contribution is -0.145. The third-order valence-electron chi connectivity index (χ3n) is 7.00. The van der Waals surface area contributed by atoms with Gasteiger partial charge in [0.15, 0.2) is 0 Å². The smallest absolute Gasteiger partial charge is 0.235 e. The van der Waals surface area contributed by atoms with Crippen LogP contribution in [0.3, 0.4) is 0 Å². The molecule has 2 saturated carbocycles. The molecule has 2 heterocycles. The van der Waals surface area contributed by atoms with Gasteiger partial charge < -0.3 is 9.80 Å². The molecular weight excluding hydrogens is 332 g/mol. The van der Waals surface area contributed by atoms with Gasteiger partial charge in [0.2, 0.25) is 11.8 Å². The molecule has 140 valence electrons. The van der Waals surface area contributed by atoms with Crippen molar-refractivity contribution < 1.29 is 9.59 Å². The van der Waals surface area contributed by atoms with Gasteiger partial charge >= 0.3 is 0 Å². The SMILES string of the molecule is O=C(C1CCCS1)N1CCN(C(=O)C2CCCC3CCCCC32)CC1. The third kappa shape index (κ3) is 3.72. The molecule has 4 nitrogen and oxygen atoms in total. The summed E-state index contributed by atoms with van der Waals surface area (Å²) >= 11 is 1.81. The lowest BCUT2D eigenvalue weighted by Gasteiger charge is -2.44. The van der Waals surface area contributed by atoms with Gasteiger partial charge in [-0.2, -0.15) is 0 Å². The van der Waals surface area contributed by atoms with Crippen molar-refractivity contribution in [3.63, 3.8) is 0 Å². The molecule has 2 amide bonds. The number of amides is 2. The van der Waals surface area contributed by atoms with E-state index in [2.05, 4.69) is 4.90 Å². The molecule has 4 unspecified atom stereocenters. The number of carbonyl (C=O) groups excluding carboxylic acids is 2. The minimum Gasteiger partial charge on any atom is -0.339 e. The summed E-state index contributed by atoms with van der Waals surface area (Å²) in [6, 6.07) is 0. The Bertz CT molecular complexity index is 496. The molecule has 2 aliphatic carbocycles. The summed E-state index contributed by atoms with van der Waals surface area (Å²) < 4.78 is 0. The average molecular weight is 365 g/mol. The first-order valence-electron chi connectivity index (χ1n) is 10.4. The zero-order valence-corrected chi connectivity index (χ0v) is 16.1. The van der Waals surface area contributed by atoms with Gasteiger partial charge in [-0.1, -0.05) is 32.1 Å². The fraction of sp³-hybridized carbons (Fsp3) is 0.900. The van der Waals surface area contributed by atoms with Gasteiger partial charge in [0.05, 0.1) is 5.25 Å². The Hall–Kier alpha value is -0.710. The average Bonchev–Trinajstić information content (AvgIpc) is 3.21. The van der Waals surface area contributed by atoms with E-state index in [1.165, 1.54) is 44.9 Å². The molecule has 0 bridgehead atoms. The van der Waals surface area contributed by atoms with Crippen LogP contribution in [0.15, 0.2) is 0 Å². The maximum Gasteiger partial charge on any atom is 0.235 e. The molecule has 0 aromatic rings. The number of rotatable bonds is 2. The van der Waals surface area contributed by atoms with E-state index in [4.69, 9.17) is 0 Å². The summed E-state index contributed by atoms with van der Waals surface area (Å²) in [5.74, 6) is 3.56. The topological polar surface area (TPSA) is 40.6 Å². The number of carbonyl (C=O) groups is 2. The number of nitrogens with zero attached hydrogens (tertiary/aromatic N) is 2. The third-order valence-corrected chi connectivity index (χ3v) is 8.36. The second kappa shape index (κ2) is 7.89. The van der Waals surface area contributed by atoms with Crippen molar-refractivity contribution in [2.45, 2.75) is 63.0 Å². The van der Waals surface area contributed by atoms with E-state index in [1.54, 1.807) is 0 Å². The van der Waals surface area contributed by atoms with Gasteiger partial charge in [0.25, 0.3) is 0 Å². The van der Waals surface area contributed by atoms with E-state index in [0.29, 0.717) is 17.7 Å². The molecule has 2 aliphatic heterocycles. The predicted molar refractivity (Wildman–Crippen MR) is 101 cm³/mol. The highest BCUT2D eigenvalue weighted by Crippen LogP contribution is 2.44. The molecule has 4 rings (SSSR count). The Kier molecular flexibility index (Phi) is 5.59. The van der Waals surface area contributed by atoms with E-state index in [-0.39, 0.29) is 11.2 Å². The van der Waals surface area contributed by atoms with Crippen LogP contribution in [0.4, 0.5) is 0 Å². The Labute approximate surface area is 156 Å². The minimum atomic E-state index is 0.184. The highest BCUT2D eigenvalue weighted by atomic mass is 32.2.